The summed E-state index contributed by atoms with van der Waals surface area (Å²) < 4.78 is 1.24. The number of carbonyl (C=O) groups is 1. The van der Waals surface area contributed by atoms with Crippen LogP contribution < -0.4 is 16.6 Å². The lowest BCUT2D eigenvalue weighted by Crippen LogP contribution is -2.34. The number of aromatic nitrogens is 4. The molecular formula is C18H19N5O4. The molecule has 1 amide bonds. The zero-order valence-corrected chi connectivity index (χ0v) is 14.7. The molecule has 4 rings (SSSR count). The topological polar surface area (TPSA) is 133 Å². The van der Waals surface area contributed by atoms with Gasteiger partial charge in [-0.15, -0.1) is 0 Å². The minimum Gasteiger partial charge on any atom is -0.390 e. The van der Waals surface area contributed by atoms with E-state index in [1.807, 2.05) is 24.3 Å². The van der Waals surface area contributed by atoms with Crippen molar-refractivity contribution in [2.75, 3.05) is 0 Å². The Bertz CT molecular complexity index is 1140. The summed E-state index contributed by atoms with van der Waals surface area (Å²) in [4.78, 5) is 45.1. The normalized spacial score (nSPS) is 18.6. The fourth-order valence-electron chi connectivity index (χ4n) is 3.50. The van der Waals surface area contributed by atoms with E-state index in [0.717, 1.165) is 11.1 Å². The zero-order valence-electron chi connectivity index (χ0n) is 14.7. The lowest BCUT2D eigenvalue weighted by Gasteiger charge is -2.17. The van der Waals surface area contributed by atoms with Crippen molar-refractivity contribution in [3.63, 3.8) is 0 Å². The fraction of sp³-hybridized carbons (Fsp3) is 0.333. The van der Waals surface area contributed by atoms with Crippen LogP contribution in [-0.2, 0) is 24.7 Å². The van der Waals surface area contributed by atoms with Gasteiger partial charge in [-0.25, -0.2) is 9.78 Å². The minimum atomic E-state index is -0.648. The molecule has 140 valence electrons. The van der Waals surface area contributed by atoms with E-state index in [1.54, 1.807) is 0 Å². The Labute approximate surface area is 153 Å². The first-order chi connectivity index (χ1) is 12.9. The van der Waals surface area contributed by atoms with E-state index in [9.17, 15) is 19.5 Å². The highest BCUT2D eigenvalue weighted by molar-refractivity contribution is 5.77. The summed E-state index contributed by atoms with van der Waals surface area (Å²) in [5.41, 5.74) is 1.34. The van der Waals surface area contributed by atoms with Crippen LogP contribution in [0.3, 0.4) is 0 Å². The first-order valence-corrected chi connectivity index (χ1v) is 8.67. The average Bonchev–Trinajstić information content (AvgIpc) is 3.20. The van der Waals surface area contributed by atoms with Crippen molar-refractivity contribution in [3.05, 3.63) is 62.1 Å². The minimum absolute atomic E-state index is 0.136. The van der Waals surface area contributed by atoms with Gasteiger partial charge >= 0.3 is 5.69 Å². The summed E-state index contributed by atoms with van der Waals surface area (Å²) in [6, 6.07) is 7.22. The standard InChI is InChI=1S/C18H19N5O4/c1-23-16-15(17(26)22-18(23)27)19-12(20-16)6-7-13(25)21-14-10-5-3-2-4-9(10)8-11(14)24/h2-5,11,14,24H,6-8H2,1H3,(H,19,20)(H,21,25)(H,22,26,27). The second-order valence-corrected chi connectivity index (χ2v) is 6.72. The molecule has 0 saturated heterocycles. The van der Waals surface area contributed by atoms with Gasteiger partial charge in [-0.05, 0) is 11.1 Å². The van der Waals surface area contributed by atoms with Crippen LogP contribution in [0.15, 0.2) is 33.9 Å². The van der Waals surface area contributed by atoms with E-state index in [0.29, 0.717) is 12.2 Å². The van der Waals surface area contributed by atoms with Gasteiger partial charge in [-0.3, -0.25) is 19.1 Å². The Balaban J connectivity index is 1.47. The van der Waals surface area contributed by atoms with E-state index >= 15 is 0 Å². The van der Waals surface area contributed by atoms with Crippen LogP contribution in [0.2, 0.25) is 0 Å². The van der Waals surface area contributed by atoms with Crippen molar-refractivity contribution in [3.8, 4) is 0 Å². The van der Waals surface area contributed by atoms with Crippen LogP contribution in [0.4, 0.5) is 0 Å². The summed E-state index contributed by atoms with van der Waals surface area (Å²) in [5.74, 6) is 0.221. The van der Waals surface area contributed by atoms with Gasteiger partial charge in [0.15, 0.2) is 5.65 Å². The molecular weight excluding hydrogens is 350 g/mol. The third kappa shape index (κ3) is 3.06. The number of H-pyrrole nitrogens is 2. The van der Waals surface area contributed by atoms with Gasteiger partial charge in [0, 0.05) is 26.3 Å². The lowest BCUT2D eigenvalue weighted by molar-refractivity contribution is -0.122. The number of nitrogens with zero attached hydrogens (tertiary/aromatic N) is 2. The maximum absolute atomic E-state index is 12.3. The molecule has 3 aromatic rings. The van der Waals surface area contributed by atoms with Crippen LogP contribution in [0.5, 0.6) is 0 Å². The summed E-state index contributed by atoms with van der Waals surface area (Å²) in [7, 11) is 1.51. The van der Waals surface area contributed by atoms with Gasteiger partial charge in [0.1, 0.15) is 11.3 Å². The summed E-state index contributed by atoms with van der Waals surface area (Å²) in [6.07, 6.45) is 0.280. The molecule has 4 N–H and O–H groups in total. The Morgan fingerprint density at radius 2 is 2.11 bits per heavy atom. The maximum Gasteiger partial charge on any atom is 0.329 e. The predicted octanol–water partition coefficient (Wildman–Crippen LogP) is -0.343. The van der Waals surface area contributed by atoms with Crippen LogP contribution in [0, 0.1) is 0 Å². The number of nitrogens with one attached hydrogen (secondary N) is 3. The third-order valence-corrected chi connectivity index (χ3v) is 4.91. The number of amides is 1. The molecule has 0 spiro atoms. The summed E-state index contributed by atoms with van der Waals surface area (Å²) >= 11 is 0. The molecule has 0 bridgehead atoms. The monoisotopic (exact) mass is 369 g/mol. The number of imidazole rings is 1. The van der Waals surface area contributed by atoms with Gasteiger partial charge in [0.05, 0.1) is 12.1 Å². The van der Waals surface area contributed by atoms with Crippen molar-refractivity contribution in [2.45, 2.75) is 31.4 Å². The predicted molar refractivity (Wildman–Crippen MR) is 97.3 cm³/mol. The zero-order chi connectivity index (χ0) is 19.1. The van der Waals surface area contributed by atoms with Crippen molar-refractivity contribution < 1.29 is 9.90 Å². The van der Waals surface area contributed by atoms with Crippen LogP contribution in [0.1, 0.15) is 29.4 Å². The Kier molecular flexibility index (Phi) is 4.15. The number of fused-ring (bicyclic) bond motifs is 2. The molecule has 0 radical (unpaired) electrons. The molecule has 27 heavy (non-hydrogen) atoms. The van der Waals surface area contributed by atoms with E-state index in [2.05, 4.69) is 20.3 Å². The highest BCUT2D eigenvalue weighted by atomic mass is 16.3. The quantitative estimate of drug-likeness (QED) is 0.499. The largest absolute Gasteiger partial charge is 0.390 e. The second-order valence-electron chi connectivity index (χ2n) is 6.72. The van der Waals surface area contributed by atoms with Crippen LogP contribution in [-0.4, -0.2) is 36.6 Å². The molecule has 0 fully saturated rings. The number of carbonyl (C=O) groups excluding carboxylic acids is 1. The van der Waals surface area contributed by atoms with Crippen molar-refractivity contribution >= 4 is 17.1 Å². The molecule has 1 aromatic carbocycles. The SMILES string of the molecule is Cn1c(=O)[nH]c(=O)c2[nH]c(CCC(=O)NC3c4ccccc4CC3O)nc21. The highest BCUT2D eigenvalue weighted by Crippen LogP contribution is 2.31. The summed E-state index contributed by atoms with van der Waals surface area (Å²) in [5, 5.41) is 13.1. The number of aliphatic hydroxyl groups excluding tert-OH is 1. The molecule has 1 aliphatic carbocycles. The average molecular weight is 369 g/mol. The van der Waals surface area contributed by atoms with Crippen LogP contribution >= 0.6 is 0 Å². The Morgan fingerprint density at radius 3 is 2.93 bits per heavy atom. The number of benzene rings is 1. The molecule has 0 aliphatic heterocycles. The van der Waals surface area contributed by atoms with Gasteiger partial charge in [0.25, 0.3) is 5.56 Å². The summed E-state index contributed by atoms with van der Waals surface area (Å²) in [6.45, 7) is 0. The number of rotatable bonds is 4. The van der Waals surface area contributed by atoms with Gasteiger partial charge in [-0.1, -0.05) is 24.3 Å². The molecule has 2 atom stereocenters. The van der Waals surface area contributed by atoms with Crippen molar-refractivity contribution in [1.82, 2.24) is 24.8 Å². The molecule has 1 aliphatic rings. The lowest BCUT2D eigenvalue weighted by atomic mass is 10.1. The molecule has 2 aromatic heterocycles. The number of aliphatic hydroxyl groups is 1. The first-order valence-electron chi connectivity index (χ1n) is 8.67. The van der Waals surface area contributed by atoms with Crippen LogP contribution in [0.25, 0.3) is 11.2 Å². The molecule has 9 nitrogen and oxygen atoms in total. The molecule has 2 heterocycles. The molecule has 2 unspecified atom stereocenters. The second kappa shape index (κ2) is 6.51. The fourth-order valence-corrected chi connectivity index (χ4v) is 3.50. The van der Waals surface area contributed by atoms with E-state index in [1.165, 1.54) is 11.6 Å². The van der Waals surface area contributed by atoms with E-state index < -0.39 is 23.4 Å². The molecule has 9 heteroatoms. The number of aryl methyl sites for hydroxylation is 2. The molecule has 0 saturated carbocycles. The van der Waals surface area contributed by atoms with Crippen molar-refractivity contribution in [2.24, 2.45) is 7.05 Å². The van der Waals surface area contributed by atoms with Gasteiger partial charge < -0.3 is 15.4 Å². The van der Waals surface area contributed by atoms with Gasteiger partial charge in [0.2, 0.25) is 5.91 Å². The number of hydrogen-bond acceptors (Lipinski definition) is 5. The number of hydrogen-bond donors (Lipinski definition) is 4. The third-order valence-electron chi connectivity index (χ3n) is 4.91. The smallest absolute Gasteiger partial charge is 0.329 e. The van der Waals surface area contributed by atoms with E-state index in [4.69, 9.17) is 0 Å². The van der Waals surface area contributed by atoms with E-state index in [-0.39, 0.29) is 29.9 Å². The first kappa shape index (κ1) is 17.2. The van der Waals surface area contributed by atoms with Crippen molar-refractivity contribution in [1.29, 1.82) is 0 Å². The maximum atomic E-state index is 12.3. The van der Waals surface area contributed by atoms with Gasteiger partial charge in [-0.2, -0.15) is 0 Å². The highest BCUT2D eigenvalue weighted by Gasteiger charge is 2.31. The Hall–Kier alpha value is -3.20. The Morgan fingerprint density at radius 1 is 1.33 bits per heavy atom. The number of aromatic amines is 2.